The van der Waals surface area contributed by atoms with Gasteiger partial charge in [0, 0.05) is 21.5 Å². The molecule has 0 saturated carbocycles. The first kappa shape index (κ1) is 27.1. The molecule has 1 fully saturated rings. The van der Waals surface area contributed by atoms with E-state index in [9.17, 15) is 19.2 Å². The van der Waals surface area contributed by atoms with Crippen LogP contribution >= 0.6 is 34.7 Å². The van der Waals surface area contributed by atoms with E-state index in [0.717, 1.165) is 11.3 Å². The Morgan fingerprint density at radius 1 is 1.00 bits per heavy atom. The Morgan fingerprint density at radius 2 is 1.76 bits per heavy atom. The quantitative estimate of drug-likeness (QED) is 0.287. The highest BCUT2D eigenvalue weighted by atomic mass is 35.5. The van der Waals surface area contributed by atoms with E-state index in [2.05, 4.69) is 10.3 Å². The molecule has 4 aromatic rings. The van der Waals surface area contributed by atoms with Gasteiger partial charge in [-0.3, -0.25) is 19.2 Å². The maximum Gasteiger partial charge on any atom is 0.305 e. The Morgan fingerprint density at radius 3 is 2.49 bits per heavy atom. The van der Waals surface area contributed by atoms with Gasteiger partial charge in [0.15, 0.2) is 18.1 Å². The average molecular weight is 608 g/mol. The Hall–Kier alpha value is -4.06. The van der Waals surface area contributed by atoms with Crippen molar-refractivity contribution in [2.75, 3.05) is 23.9 Å². The van der Waals surface area contributed by atoms with Gasteiger partial charge in [-0.25, -0.2) is 4.90 Å². The molecule has 0 aliphatic carbocycles. The number of nitrogens with one attached hydrogen (secondary N) is 2. The molecule has 1 saturated heterocycles. The van der Waals surface area contributed by atoms with Crippen LogP contribution in [0.5, 0.6) is 11.5 Å². The Kier molecular flexibility index (Phi) is 7.33. The summed E-state index contributed by atoms with van der Waals surface area (Å²) in [6.07, 6.45) is 0. The van der Waals surface area contributed by atoms with Gasteiger partial charge in [-0.1, -0.05) is 59.0 Å². The SMILES string of the molecule is COc1cc(C2c3sc(=O)[nH]c3SC3C(=O)N(c4ccc(Cl)cc4)C(=O)C32)ccc1OCC(=O)Nc1ccccc1. The van der Waals surface area contributed by atoms with Crippen LogP contribution in [0.3, 0.4) is 0 Å². The van der Waals surface area contributed by atoms with E-state index in [1.54, 1.807) is 54.6 Å². The number of amides is 3. The van der Waals surface area contributed by atoms with Crippen molar-refractivity contribution in [1.82, 2.24) is 4.98 Å². The van der Waals surface area contributed by atoms with Crippen molar-refractivity contribution in [2.24, 2.45) is 5.92 Å². The molecule has 2 aliphatic heterocycles. The van der Waals surface area contributed by atoms with Crippen molar-refractivity contribution >= 4 is 63.8 Å². The number of halogens is 1. The predicted molar refractivity (Wildman–Crippen MR) is 157 cm³/mol. The number of nitrogens with zero attached hydrogens (tertiary/aromatic N) is 1. The molecule has 0 spiro atoms. The fraction of sp³-hybridized carbons (Fsp3) is 0.172. The van der Waals surface area contributed by atoms with Crippen LogP contribution in [0.25, 0.3) is 0 Å². The number of anilines is 2. The number of benzene rings is 3. The number of aromatic nitrogens is 1. The number of methoxy groups -OCH3 is 1. The number of hydrogen-bond donors (Lipinski definition) is 2. The monoisotopic (exact) mass is 607 g/mol. The number of carbonyl (C=O) groups is 3. The molecule has 2 aliphatic rings. The third-order valence-corrected chi connectivity index (χ3v) is 9.52. The summed E-state index contributed by atoms with van der Waals surface area (Å²) in [5, 5.41) is 3.09. The van der Waals surface area contributed by atoms with E-state index >= 15 is 0 Å². The lowest BCUT2D eigenvalue weighted by Gasteiger charge is -2.30. The molecule has 0 radical (unpaired) electrons. The minimum Gasteiger partial charge on any atom is -0.493 e. The van der Waals surface area contributed by atoms with Gasteiger partial charge in [-0.15, -0.1) is 0 Å². The minimum absolute atomic E-state index is 0.248. The lowest BCUT2D eigenvalue weighted by atomic mass is 9.83. The summed E-state index contributed by atoms with van der Waals surface area (Å²) in [5.74, 6) is -1.71. The summed E-state index contributed by atoms with van der Waals surface area (Å²) in [7, 11) is 1.47. The van der Waals surface area contributed by atoms with Gasteiger partial charge in [-0.2, -0.15) is 0 Å². The molecule has 1 aromatic heterocycles. The highest BCUT2D eigenvalue weighted by molar-refractivity contribution is 8.00. The molecule has 3 heterocycles. The maximum absolute atomic E-state index is 13.9. The topological polar surface area (TPSA) is 118 Å². The fourth-order valence-electron chi connectivity index (χ4n) is 5.08. The Balaban J connectivity index is 1.31. The van der Waals surface area contributed by atoms with Crippen LogP contribution in [-0.2, 0) is 14.4 Å². The number of H-pyrrole nitrogens is 1. The number of ether oxygens (including phenoxy) is 2. The number of para-hydroxylation sites is 1. The van der Waals surface area contributed by atoms with Crippen LogP contribution in [0.2, 0.25) is 5.02 Å². The lowest BCUT2D eigenvalue weighted by Crippen LogP contribution is -2.32. The zero-order valence-electron chi connectivity index (χ0n) is 21.5. The second-order valence-corrected chi connectivity index (χ2v) is 12.0. The molecular formula is C29H22ClN3O6S2. The molecule has 3 amide bonds. The Bertz CT molecular complexity index is 1710. The summed E-state index contributed by atoms with van der Waals surface area (Å²) < 4.78 is 11.3. The first-order chi connectivity index (χ1) is 19.8. The third-order valence-electron chi connectivity index (χ3n) is 6.87. The molecule has 41 heavy (non-hydrogen) atoms. The standard InChI is InChI=1S/C29H22ClN3O6S2/c1-38-20-13-15(7-12-19(20)39-14-21(34)31-17-5-3-2-4-6-17)22-23-25(40-26-24(22)41-29(37)32-26)28(36)33(27(23)35)18-10-8-16(30)9-11-18/h2-13,22-23,25H,14H2,1H3,(H,31,34)(H,32,37). The van der Waals surface area contributed by atoms with Crippen molar-refractivity contribution in [3.8, 4) is 11.5 Å². The first-order valence-electron chi connectivity index (χ1n) is 12.5. The fourth-order valence-corrected chi connectivity index (χ4v) is 7.72. The van der Waals surface area contributed by atoms with Crippen LogP contribution in [0.1, 0.15) is 16.4 Å². The van der Waals surface area contributed by atoms with Gasteiger partial charge in [0.05, 0.1) is 23.7 Å². The number of rotatable bonds is 7. The highest BCUT2D eigenvalue weighted by Gasteiger charge is 2.56. The summed E-state index contributed by atoms with van der Waals surface area (Å²) >= 11 is 8.25. The van der Waals surface area contributed by atoms with Gasteiger partial charge in [0.25, 0.3) is 5.91 Å². The largest absolute Gasteiger partial charge is 0.493 e. The average Bonchev–Trinajstić information content (AvgIpc) is 3.47. The molecule has 3 atom stereocenters. The van der Waals surface area contributed by atoms with Crippen LogP contribution in [0, 0.1) is 5.92 Å². The zero-order valence-corrected chi connectivity index (χ0v) is 23.8. The molecular weight excluding hydrogens is 586 g/mol. The molecule has 6 rings (SSSR count). The molecule has 2 N–H and O–H groups in total. The second-order valence-electron chi connectivity index (χ2n) is 9.35. The van der Waals surface area contributed by atoms with Crippen molar-refractivity contribution in [1.29, 1.82) is 0 Å². The number of thioether (sulfide) groups is 1. The van der Waals surface area contributed by atoms with Crippen LogP contribution in [0.15, 0.2) is 82.6 Å². The molecule has 9 nitrogen and oxygen atoms in total. The predicted octanol–water partition coefficient (Wildman–Crippen LogP) is 4.91. The molecule has 12 heteroatoms. The van der Waals surface area contributed by atoms with Crippen molar-refractivity contribution in [3.05, 3.63) is 97.9 Å². The minimum atomic E-state index is -0.754. The molecule has 3 unspecified atom stereocenters. The molecule has 3 aromatic carbocycles. The highest BCUT2D eigenvalue weighted by Crippen LogP contribution is 2.53. The summed E-state index contributed by atoms with van der Waals surface area (Å²) in [5.41, 5.74) is 1.76. The number of fused-ring (bicyclic) bond motifs is 2. The second kappa shape index (κ2) is 11.1. The number of thiazole rings is 1. The normalized spacial score (nSPS) is 19.5. The number of hydrogen-bond acceptors (Lipinski definition) is 8. The van der Waals surface area contributed by atoms with Gasteiger partial charge >= 0.3 is 4.87 Å². The maximum atomic E-state index is 13.9. The van der Waals surface area contributed by atoms with Gasteiger partial charge in [-0.05, 0) is 54.1 Å². The van der Waals surface area contributed by atoms with E-state index in [1.165, 1.54) is 23.8 Å². The summed E-state index contributed by atoms with van der Waals surface area (Å²) in [4.78, 5) is 56.6. The number of carbonyl (C=O) groups excluding carboxylic acids is 3. The lowest BCUT2D eigenvalue weighted by molar-refractivity contribution is -0.122. The van der Waals surface area contributed by atoms with Gasteiger partial charge < -0.3 is 19.8 Å². The number of aromatic amines is 1. The Labute approximate surface area is 247 Å². The van der Waals surface area contributed by atoms with Crippen molar-refractivity contribution in [3.63, 3.8) is 0 Å². The third kappa shape index (κ3) is 5.12. The van der Waals surface area contributed by atoms with E-state index < -0.39 is 17.1 Å². The van der Waals surface area contributed by atoms with Crippen LogP contribution in [0.4, 0.5) is 11.4 Å². The van der Waals surface area contributed by atoms with Crippen LogP contribution in [-0.4, -0.2) is 41.7 Å². The van der Waals surface area contributed by atoms with Crippen molar-refractivity contribution < 1.29 is 23.9 Å². The van der Waals surface area contributed by atoms with Crippen LogP contribution < -0.4 is 24.6 Å². The summed E-state index contributed by atoms with van der Waals surface area (Å²) in [6.45, 7) is -0.248. The van der Waals surface area contributed by atoms with Crippen molar-refractivity contribution in [2.45, 2.75) is 16.2 Å². The number of imide groups is 1. The van der Waals surface area contributed by atoms with E-state index in [0.29, 0.717) is 43.4 Å². The molecule has 0 bridgehead atoms. The molecule has 208 valence electrons. The first-order valence-corrected chi connectivity index (χ1v) is 14.6. The van der Waals surface area contributed by atoms with Gasteiger partial charge in [0.1, 0.15) is 5.25 Å². The van der Waals surface area contributed by atoms with E-state index in [4.69, 9.17) is 21.1 Å². The van der Waals surface area contributed by atoms with Gasteiger partial charge in [0.2, 0.25) is 11.8 Å². The smallest absolute Gasteiger partial charge is 0.305 e. The van der Waals surface area contributed by atoms with E-state index in [-0.39, 0.29) is 29.2 Å². The van der Waals surface area contributed by atoms with E-state index in [1.807, 2.05) is 18.2 Å². The zero-order chi connectivity index (χ0) is 28.7. The summed E-state index contributed by atoms with van der Waals surface area (Å²) in [6, 6.07) is 20.7.